The van der Waals surface area contributed by atoms with Gasteiger partial charge in [-0.15, -0.1) is 0 Å². The largest absolute Gasteiger partial charge is 0.423 e. The lowest BCUT2D eigenvalue weighted by Crippen LogP contribution is -2.34. The van der Waals surface area contributed by atoms with Gasteiger partial charge in [0, 0.05) is 24.3 Å². The van der Waals surface area contributed by atoms with Gasteiger partial charge in [0.1, 0.15) is 5.52 Å². The fourth-order valence-corrected chi connectivity index (χ4v) is 1.96. The lowest BCUT2D eigenvalue weighted by Gasteiger charge is -2.26. The standard InChI is InChI=1S/C14H21N3O/c1-9(2)8-17(10(3)4)14-16-12-6-5-11(15)7-13(12)18-14/h5-7,9-10H,8,15H2,1-4H3. The van der Waals surface area contributed by atoms with Crippen LogP contribution in [-0.2, 0) is 0 Å². The summed E-state index contributed by atoms with van der Waals surface area (Å²) >= 11 is 0. The van der Waals surface area contributed by atoms with Crippen molar-refractivity contribution < 1.29 is 4.42 Å². The molecule has 2 rings (SSSR count). The molecule has 0 atom stereocenters. The van der Waals surface area contributed by atoms with Crippen LogP contribution in [-0.4, -0.2) is 17.6 Å². The van der Waals surface area contributed by atoms with Crippen LogP contribution in [0.2, 0.25) is 0 Å². The number of oxazole rings is 1. The van der Waals surface area contributed by atoms with Gasteiger partial charge in [-0.25, -0.2) is 0 Å². The van der Waals surface area contributed by atoms with Crippen molar-refractivity contribution in [1.29, 1.82) is 0 Å². The molecule has 1 aromatic heterocycles. The molecule has 0 aliphatic heterocycles. The molecule has 2 aromatic rings. The first kappa shape index (κ1) is 12.7. The number of nitrogen functional groups attached to an aromatic ring is 1. The Labute approximate surface area is 108 Å². The smallest absolute Gasteiger partial charge is 0.298 e. The van der Waals surface area contributed by atoms with Crippen molar-refractivity contribution in [2.24, 2.45) is 5.92 Å². The van der Waals surface area contributed by atoms with Crippen LogP contribution < -0.4 is 10.6 Å². The molecule has 98 valence electrons. The van der Waals surface area contributed by atoms with E-state index in [1.165, 1.54) is 0 Å². The zero-order valence-electron chi connectivity index (χ0n) is 11.5. The van der Waals surface area contributed by atoms with Crippen molar-refractivity contribution in [1.82, 2.24) is 4.98 Å². The Bertz CT molecular complexity index is 531. The summed E-state index contributed by atoms with van der Waals surface area (Å²) in [6.07, 6.45) is 0. The number of fused-ring (bicyclic) bond motifs is 1. The molecule has 0 spiro atoms. The second-order valence-corrected chi connectivity index (χ2v) is 5.36. The molecule has 1 aromatic carbocycles. The fourth-order valence-electron chi connectivity index (χ4n) is 1.96. The maximum absolute atomic E-state index is 5.81. The van der Waals surface area contributed by atoms with Gasteiger partial charge in [-0.1, -0.05) is 13.8 Å². The predicted molar refractivity (Wildman–Crippen MR) is 75.7 cm³/mol. The van der Waals surface area contributed by atoms with E-state index in [4.69, 9.17) is 10.2 Å². The van der Waals surface area contributed by atoms with Gasteiger partial charge < -0.3 is 15.1 Å². The number of benzene rings is 1. The highest BCUT2D eigenvalue weighted by molar-refractivity contribution is 5.78. The van der Waals surface area contributed by atoms with Gasteiger partial charge in [-0.2, -0.15) is 4.98 Å². The van der Waals surface area contributed by atoms with Crippen LogP contribution in [0.3, 0.4) is 0 Å². The van der Waals surface area contributed by atoms with Crippen molar-refractivity contribution >= 4 is 22.8 Å². The number of nitrogens with two attached hydrogens (primary N) is 1. The van der Waals surface area contributed by atoms with Gasteiger partial charge in [-0.05, 0) is 31.9 Å². The second-order valence-electron chi connectivity index (χ2n) is 5.36. The summed E-state index contributed by atoms with van der Waals surface area (Å²) in [7, 11) is 0. The van der Waals surface area contributed by atoms with Gasteiger partial charge in [-0.3, -0.25) is 0 Å². The van der Waals surface area contributed by atoms with Crippen LogP contribution in [0.15, 0.2) is 22.6 Å². The minimum absolute atomic E-state index is 0.359. The normalized spacial score (nSPS) is 11.7. The quantitative estimate of drug-likeness (QED) is 0.842. The number of hydrogen-bond acceptors (Lipinski definition) is 4. The maximum atomic E-state index is 5.81. The third-order valence-corrected chi connectivity index (χ3v) is 2.83. The molecule has 0 saturated heterocycles. The van der Waals surface area contributed by atoms with Gasteiger partial charge in [0.15, 0.2) is 5.58 Å². The van der Waals surface area contributed by atoms with E-state index in [1.807, 2.05) is 18.2 Å². The highest BCUT2D eigenvalue weighted by Gasteiger charge is 2.18. The predicted octanol–water partition coefficient (Wildman–Crippen LogP) is 3.28. The molecule has 0 unspecified atom stereocenters. The first-order valence-electron chi connectivity index (χ1n) is 6.40. The summed E-state index contributed by atoms with van der Waals surface area (Å²) in [5.41, 5.74) is 8.05. The number of nitrogens with zero attached hydrogens (tertiary/aromatic N) is 2. The molecule has 0 aliphatic rings. The zero-order chi connectivity index (χ0) is 13.3. The molecule has 0 bridgehead atoms. The minimum Gasteiger partial charge on any atom is -0.423 e. The molecule has 0 amide bonds. The van der Waals surface area contributed by atoms with Gasteiger partial charge >= 0.3 is 0 Å². The van der Waals surface area contributed by atoms with E-state index in [-0.39, 0.29) is 0 Å². The van der Waals surface area contributed by atoms with Gasteiger partial charge in [0.05, 0.1) is 0 Å². The molecule has 0 saturated carbocycles. The van der Waals surface area contributed by atoms with Crippen molar-refractivity contribution in [3.8, 4) is 0 Å². The van der Waals surface area contributed by atoms with Crippen LogP contribution >= 0.6 is 0 Å². The molecule has 2 N–H and O–H groups in total. The van der Waals surface area contributed by atoms with Crippen molar-refractivity contribution in [3.05, 3.63) is 18.2 Å². The average Bonchev–Trinajstić information content (AvgIpc) is 2.67. The van der Waals surface area contributed by atoms with Crippen LogP contribution in [0.4, 0.5) is 11.7 Å². The van der Waals surface area contributed by atoms with Crippen LogP contribution in [0.5, 0.6) is 0 Å². The Hall–Kier alpha value is -1.71. The fraction of sp³-hybridized carbons (Fsp3) is 0.500. The highest BCUT2D eigenvalue weighted by atomic mass is 16.4. The summed E-state index contributed by atoms with van der Waals surface area (Å²) in [5.74, 6) is 0.562. The van der Waals surface area contributed by atoms with Crippen molar-refractivity contribution in [3.63, 3.8) is 0 Å². The molecule has 0 radical (unpaired) electrons. The molecule has 18 heavy (non-hydrogen) atoms. The summed E-state index contributed by atoms with van der Waals surface area (Å²) in [4.78, 5) is 6.71. The van der Waals surface area contributed by atoms with Crippen LogP contribution in [0.25, 0.3) is 11.1 Å². The summed E-state index contributed by atoms with van der Waals surface area (Å²) in [5, 5.41) is 0. The Morgan fingerprint density at radius 1 is 1.28 bits per heavy atom. The number of aromatic nitrogens is 1. The molecule has 4 nitrogen and oxygen atoms in total. The van der Waals surface area contributed by atoms with Crippen molar-refractivity contribution in [2.45, 2.75) is 33.7 Å². The SMILES string of the molecule is CC(C)CN(c1nc2ccc(N)cc2o1)C(C)C. The van der Waals surface area contributed by atoms with Crippen molar-refractivity contribution in [2.75, 3.05) is 17.2 Å². The third-order valence-electron chi connectivity index (χ3n) is 2.83. The summed E-state index contributed by atoms with van der Waals surface area (Å²) < 4.78 is 5.81. The monoisotopic (exact) mass is 247 g/mol. The topological polar surface area (TPSA) is 55.3 Å². The lowest BCUT2D eigenvalue weighted by molar-refractivity contribution is 0.499. The first-order valence-corrected chi connectivity index (χ1v) is 6.40. The van der Waals surface area contributed by atoms with Crippen LogP contribution in [0, 0.1) is 5.92 Å². The Morgan fingerprint density at radius 3 is 2.61 bits per heavy atom. The van der Waals surface area contributed by atoms with E-state index < -0.39 is 0 Å². The highest BCUT2D eigenvalue weighted by Crippen LogP contribution is 2.25. The number of rotatable bonds is 4. The molecule has 1 heterocycles. The summed E-state index contributed by atoms with van der Waals surface area (Å²) in [6, 6.07) is 6.60. The Kier molecular flexibility index (Phi) is 3.45. The van der Waals surface area contributed by atoms with E-state index in [1.54, 1.807) is 0 Å². The zero-order valence-corrected chi connectivity index (χ0v) is 11.5. The maximum Gasteiger partial charge on any atom is 0.298 e. The Morgan fingerprint density at radius 2 is 2.00 bits per heavy atom. The lowest BCUT2D eigenvalue weighted by atomic mass is 10.2. The third kappa shape index (κ3) is 2.58. The summed E-state index contributed by atoms with van der Waals surface area (Å²) in [6.45, 7) is 9.60. The van der Waals surface area contributed by atoms with Gasteiger partial charge in [0.25, 0.3) is 6.01 Å². The number of anilines is 2. The van der Waals surface area contributed by atoms with E-state index in [0.29, 0.717) is 23.7 Å². The average molecular weight is 247 g/mol. The van der Waals surface area contributed by atoms with E-state index in [2.05, 4.69) is 37.6 Å². The molecular formula is C14H21N3O. The molecular weight excluding hydrogens is 226 g/mol. The molecule has 0 fully saturated rings. The minimum atomic E-state index is 0.359. The number of hydrogen-bond donors (Lipinski definition) is 1. The van der Waals surface area contributed by atoms with Crippen LogP contribution in [0.1, 0.15) is 27.7 Å². The molecule has 0 aliphatic carbocycles. The molecule has 4 heteroatoms. The second kappa shape index (κ2) is 4.88. The van der Waals surface area contributed by atoms with E-state index in [9.17, 15) is 0 Å². The van der Waals surface area contributed by atoms with Gasteiger partial charge in [0.2, 0.25) is 0 Å². The van der Waals surface area contributed by atoms with E-state index >= 15 is 0 Å². The first-order chi connectivity index (χ1) is 8.47. The van der Waals surface area contributed by atoms with E-state index in [0.717, 1.165) is 17.6 Å². The Balaban J connectivity index is 2.38.